The molecular weight excluding hydrogens is 715 g/mol. The van der Waals surface area contributed by atoms with E-state index in [1.807, 2.05) is 18.2 Å². The van der Waals surface area contributed by atoms with E-state index < -0.39 is 32.5 Å². The number of carbonyl (C=O) groups excluding carboxylic acids is 2. The Kier molecular flexibility index (Phi) is 32.1. The van der Waals surface area contributed by atoms with E-state index in [2.05, 4.69) is 97.4 Å². The van der Waals surface area contributed by atoms with E-state index in [1.54, 1.807) is 0 Å². The number of carbonyl (C=O) groups is 2. The van der Waals surface area contributed by atoms with Gasteiger partial charge in [0.2, 0.25) is 0 Å². The third kappa shape index (κ3) is 35.1. The third-order valence-electron chi connectivity index (χ3n) is 8.50. The van der Waals surface area contributed by atoms with Crippen molar-refractivity contribution in [1.82, 2.24) is 0 Å². The van der Waals surface area contributed by atoms with Crippen molar-refractivity contribution in [3.8, 4) is 0 Å². The average molecular weight is 787 g/mol. The predicted octanol–water partition coefficient (Wildman–Crippen LogP) is 11.6. The van der Waals surface area contributed by atoms with Crippen molar-refractivity contribution in [3.05, 3.63) is 97.2 Å². The Labute approximate surface area is 332 Å². The summed E-state index contributed by atoms with van der Waals surface area (Å²) >= 11 is 0. The van der Waals surface area contributed by atoms with Gasteiger partial charge in [-0.3, -0.25) is 14.1 Å². The summed E-state index contributed by atoms with van der Waals surface area (Å²) in [5, 5.41) is 0. The van der Waals surface area contributed by atoms with Crippen LogP contribution in [-0.4, -0.2) is 53.3 Å². The SMILES string of the molecule is CC/C=C\CC1OC1C/C=C\C/C=C\C/C=C\C/C=C\CCC(=O)O[C@H](COC(=O)CCC/C=C\C/C=C\C/C=C\CCCCCCCC)COP(=O)(O)O. The molecule has 310 valence electrons. The smallest absolute Gasteiger partial charge is 0.462 e. The fourth-order valence-corrected chi connectivity index (χ4v) is 5.70. The number of phosphoric acid groups is 1. The Bertz CT molecular complexity index is 1270. The van der Waals surface area contributed by atoms with E-state index in [-0.39, 0.29) is 19.4 Å². The van der Waals surface area contributed by atoms with Gasteiger partial charge in [0.1, 0.15) is 6.61 Å². The van der Waals surface area contributed by atoms with Gasteiger partial charge in [0.05, 0.1) is 18.8 Å². The lowest BCUT2D eigenvalue weighted by molar-refractivity contribution is -0.161. The predicted molar refractivity (Wildman–Crippen MR) is 224 cm³/mol. The van der Waals surface area contributed by atoms with Gasteiger partial charge in [-0.25, -0.2) is 4.57 Å². The molecule has 0 saturated carbocycles. The second kappa shape index (κ2) is 35.4. The van der Waals surface area contributed by atoms with Gasteiger partial charge in [-0.1, -0.05) is 143 Å². The van der Waals surface area contributed by atoms with Gasteiger partial charge in [-0.05, 0) is 83.5 Å². The summed E-state index contributed by atoms with van der Waals surface area (Å²) in [7, 11) is -4.80. The van der Waals surface area contributed by atoms with Crippen LogP contribution in [0.25, 0.3) is 0 Å². The molecule has 0 amide bonds. The second-order valence-corrected chi connectivity index (χ2v) is 14.9. The van der Waals surface area contributed by atoms with E-state index in [0.717, 1.165) is 57.8 Å². The van der Waals surface area contributed by atoms with Crippen molar-refractivity contribution < 1.29 is 42.7 Å². The van der Waals surface area contributed by atoms with Crippen molar-refractivity contribution in [3.63, 3.8) is 0 Å². The van der Waals surface area contributed by atoms with E-state index in [9.17, 15) is 14.2 Å². The zero-order chi connectivity index (χ0) is 40.1. The van der Waals surface area contributed by atoms with Crippen molar-refractivity contribution in [2.45, 2.75) is 161 Å². The minimum atomic E-state index is -4.80. The summed E-state index contributed by atoms with van der Waals surface area (Å²) in [6, 6.07) is 0. The molecule has 0 aromatic carbocycles. The number of esters is 2. The zero-order valence-electron chi connectivity index (χ0n) is 33.7. The standard InChI is InChI=1S/C45H71O9P/c1-3-5-7-8-9-10-11-12-13-14-15-16-20-23-26-29-33-37-44(46)51-39-41(40-52-55(48,49)50)53-45(47)38-34-30-27-24-21-18-17-19-22-25-28-32-36-43-42(54-43)35-31-6-4-2/h6,12-13,15-16,18-19,21-23,26-28,30-32,41-43H,3-5,7-11,14,17,20,24-25,29,33-40H2,1-2H3,(H2,48,49,50)/b13-12-,16-15-,21-18-,22-19-,26-23-,30-27-,31-6-,32-28-/t41-,42?,43?/m1/s1. The van der Waals surface area contributed by atoms with E-state index in [0.29, 0.717) is 31.5 Å². The van der Waals surface area contributed by atoms with Crippen LogP contribution in [0.2, 0.25) is 0 Å². The lowest BCUT2D eigenvalue weighted by atomic mass is 10.1. The monoisotopic (exact) mass is 786 g/mol. The van der Waals surface area contributed by atoms with Gasteiger partial charge in [-0.15, -0.1) is 0 Å². The maximum absolute atomic E-state index is 12.4. The molecule has 2 unspecified atom stereocenters. The van der Waals surface area contributed by atoms with Crippen molar-refractivity contribution in [2.75, 3.05) is 13.2 Å². The van der Waals surface area contributed by atoms with E-state index in [1.165, 1.54) is 38.5 Å². The number of rotatable bonds is 35. The number of ether oxygens (including phenoxy) is 3. The molecule has 0 aromatic rings. The number of hydrogen-bond acceptors (Lipinski definition) is 7. The third-order valence-corrected chi connectivity index (χ3v) is 8.99. The van der Waals surface area contributed by atoms with Crippen LogP contribution < -0.4 is 0 Å². The van der Waals surface area contributed by atoms with Crippen LogP contribution in [-0.2, 0) is 32.9 Å². The first-order chi connectivity index (χ1) is 26.7. The molecule has 1 rings (SSSR count). The van der Waals surface area contributed by atoms with Crippen LogP contribution in [0, 0.1) is 0 Å². The molecule has 0 aliphatic carbocycles. The van der Waals surface area contributed by atoms with Crippen molar-refractivity contribution >= 4 is 19.8 Å². The fourth-order valence-electron chi connectivity index (χ4n) is 5.34. The minimum absolute atomic E-state index is 0.0672. The van der Waals surface area contributed by atoms with Gasteiger partial charge in [0.25, 0.3) is 0 Å². The Morgan fingerprint density at radius 3 is 1.64 bits per heavy atom. The lowest BCUT2D eigenvalue weighted by Gasteiger charge is -2.18. The number of phosphoric ester groups is 1. The van der Waals surface area contributed by atoms with Crippen LogP contribution >= 0.6 is 7.82 Å². The first-order valence-corrected chi connectivity index (χ1v) is 22.2. The van der Waals surface area contributed by atoms with Gasteiger partial charge in [-0.2, -0.15) is 0 Å². The van der Waals surface area contributed by atoms with Crippen molar-refractivity contribution in [1.29, 1.82) is 0 Å². The molecule has 0 bridgehead atoms. The summed E-state index contributed by atoms with van der Waals surface area (Å²) in [5.41, 5.74) is 0. The number of unbranched alkanes of at least 4 members (excludes halogenated alkanes) is 7. The highest BCUT2D eigenvalue weighted by atomic mass is 31.2. The fraction of sp³-hybridized carbons (Fsp3) is 0.600. The van der Waals surface area contributed by atoms with Crippen LogP contribution in [0.1, 0.15) is 142 Å². The summed E-state index contributed by atoms with van der Waals surface area (Å²) in [5.74, 6) is -1.06. The zero-order valence-corrected chi connectivity index (χ0v) is 34.6. The van der Waals surface area contributed by atoms with Crippen LogP contribution in [0.5, 0.6) is 0 Å². The van der Waals surface area contributed by atoms with Crippen LogP contribution in [0.3, 0.4) is 0 Å². The average Bonchev–Trinajstić information content (AvgIpc) is 3.91. The molecule has 1 aliphatic heterocycles. The number of allylic oxidation sites excluding steroid dienone is 14. The Morgan fingerprint density at radius 2 is 1.07 bits per heavy atom. The quantitative estimate of drug-likeness (QED) is 0.0212. The van der Waals surface area contributed by atoms with Crippen LogP contribution in [0.15, 0.2) is 97.2 Å². The van der Waals surface area contributed by atoms with E-state index in [4.69, 9.17) is 24.0 Å². The highest BCUT2D eigenvalue weighted by Gasteiger charge is 2.35. The maximum atomic E-state index is 12.4. The molecule has 0 radical (unpaired) electrons. The number of epoxide rings is 1. The minimum Gasteiger partial charge on any atom is -0.462 e. The van der Waals surface area contributed by atoms with Gasteiger partial charge < -0.3 is 24.0 Å². The van der Waals surface area contributed by atoms with Gasteiger partial charge in [0.15, 0.2) is 6.10 Å². The van der Waals surface area contributed by atoms with Crippen LogP contribution in [0.4, 0.5) is 0 Å². The molecular formula is C45H71O9P. The molecule has 1 heterocycles. The highest BCUT2D eigenvalue weighted by molar-refractivity contribution is 7.46. The van der Waals surface area contributed by atoms with Gasteiger partial charge >= 0.3 is 19.8 Å². The van der Waals surface area contributed by atoms with Gasteiger partial charge in [0, 0.05) is 12.8 Å². The molecule has 0 spiro atoms. The molecule has 1 aliphatic rings. The Balaban J connectivity index is 2.17. The summed E-state index contributed by atoms with van der Waals surface area (Å²) < 4.78 is 31.9. The Hall–Kier alpha value is -3.07. The molecule has 3 atom stereocenters. The maximum Gasteiger partial charge on any atom is 0.469 e. The Morgan fingerprint density at radius 1 is 0.582 bits per heavy atom. The molecule has 9 nitrogen and oxygen atoms in total. The first kappa shape index (κ1) is 49.9. The molecule has 55 heavy (non-hydrogen) atoms. The normalized spacial score (nSPS) is 17.2. The second-order valence-electron chi connectivity index (χ2n) is 13.6. The molecule has 2 N–H and O–H groups in total. The molecule has 10 heteroatoms. The highest BCUT2D eigenvalue weighted by Crippen LogP contribution is 2.36. The molecule has 0 aromatic heterocycles. The summed E-state index contributed by atoms with van der Waals surface area (Å²) in [6.07, 6.45) is 51.9. The lowest BCUT2D eigenvalue weighted by Crippen LogP contribution is -2.29. The summed E-state index contributed by atoms with van der Waals surface area (Å²) in [4.78, 5) is 42.8. The topological polar surface area (TPSA) is 132 Å². The number of hydrogen-bond donors (Lipinski definition) is 2. The van der Waals surface area contributed by atoms with Crippen molar-refractivity contribution in [2.24, 2.45) is 0 Å². The first-order valence-electron chi connectivity index (χ1n) is 20.7. The molecule has 1 saturated heterocycles. The van der Waals surface area contributed by atoms with E-state index >= 15 is 0 Å². The largest absolute Gasteiger partial charge is 0.469 e. The molecule has 1 fully saturated rings. The summed E-state index contributed by atoms with van der Waals surface area (Å²) in [6.45, 7) is 3.44.